The van der Waals surface area contributed by atoms with Crippen LogP contribution in [0.5, 0.6) is 6.01 Å². The minimum atomic E-state index is -1.50. The van der Waals surface area contributed by atoms with E-state index in [4.69, 9.17) is 16.3 Å². The first-order valence-corrected chi connectivity index (χ1v) is 11.3. The van der Waals surface area contributed by atoms with Gasteiger partial charge in [0, 0.05) is 25.7 Å². The number of hydrogen-bond acceptors (Lipinski definition) is 7. The summed E-state index contributed by atoms with van der Waals surface area (Å²) in [6, 6.07) is -0.0634. The normalized spacial score (nSPS) is 30.8. The number of anilines is 1. The van der Waals surface area contributed by atoms with Crippen LogP contribution in [0.15, 0.2) is 6.20 Å². The molecule has 0 radical (unpaired) electrons. The third kappa shape index (κ3) is 3.76. The summed E-state index contributed by atoms with van der Waals surface area (Å²) in [5.41, 5.74) is -1.97. The zero-order chi connectivity index (χ0) is 22.5. The van der Waals surface area contributed by atoms with Gasteiger partial charge in [-0.05, 0) is 32.2 Å². The summed E-state index contributed by atoms with van der Waals surface area (Å²) in [5, 5.41) is 10.5. The molecule has 174 valence electrons. The molecule has 11 heteroatoms. The van der Waals surface area contributed by atoms with Crippen molar-refractivity contribution < 1.29 is 23.0 Å². The lowest BCUT2D eigenvalue weighted by Gasteiger charge is -2.38. The van der Waals surface area contributed by atoms with Crippen LogP contribution >= 0.6 is 11.6 Å². The molecule has 3 fully saturated rings. The molecule has 3 aliphatic heterocycles. The first-order chi connectivity index (χ1) is 15.3. The molecule has 1 N–H and O–H groups in total. The van der Waals surface area contributed by atoms with E-state index in [9.17, 15) is 18.3 Å². The number of β-amino-alcohol motifs (C(OH)–C–C–N with tert-alkyl or cyclic N) is 1. The van der Waals surface area contributed by atoms with Crippen LogP contribution in [0, 0.1) is 5.82 Å². The van der Waals surface area contributed by atoms with E-state index < -0.39 is 29.8 Å². The molecule has 2 aromatic heterocycles. The third-order valence-corrected chi connectivity index (χ3v) is 7.20. The fourth-order valence-electron chi connectivity index (χ4n) is 5.35. The molecular formula is C21H25ClF3N5O2. The summed E-state index contributed by atoms with van der Waals surface area (Å²) in [6.07, 6.45) is 3.49. The quantitative estimate of drug-likeness (QED) is 0.672. The maximum atomic E-state index is 14.8. The van der Waals surface area contributed by atoms with Gasteiger partial charge in [-0.3, -0.25) is 4.90 Å². The molecule has 2 aromatic rings. The fourth-order valence-corrected chi connectivity index (χ4v) is 5.49. The summed E-state index contributed by atoms with van der Waals surface area (Å²) in [6.45, 7) is 1.00. The van der Waals surface area contributed by atoms with Gasteiger partial charge >= 0.3 is 6.01 Å². The molecule has 7 nitrogen and oxygen atoms in total. The van der Waals surface area contributed by atoms with E-state index in [1.54, 1.807) is 4.90 Å². The van der Waals surface area contributed by atoms with Crippen LogP contribution in [0.2, 0.25) is 5.15 Å². The number of aromatic nitrogens is 3. The molecule has 32 heavy (non-hydrogen) atoms. The monoisotopic (exact) mass is 471 g/mol. The first-order valence-electron chi connectivity index (χ1n) is 10.9. The van der Waals surface area contributed by atoms with Crippen molar-refractivity contribution in [2.75, 3.05) is 44.4 Å². The Morgan fingerprint density at radius 2 is 2.06 bits per heavy atom. The maximum Gasteiger partial charge on any atom is 0.319 e. The second-order valence-electron chi connectivity index (χ2n) is 9.20. The number of alkyl halides is 2. The lowest BCUT2D eigenvalue weighted by Crippen LogP contribution is -2.50. The van der Waals surface area contributed by atoms with Crippen molar-refractivity contribution >= 4 is 28.3 Å². The highest BCUT2D eigenvalue weighted by Crippen LogP contribution is 2.40. The van der Waals surface area contributed by atoms with E-state index in [0.717, 1.165) is 19.4 Å². The zero-order valence-electron chi connectivity index (χ0n) is 17.5. The average molecular weight is 472 g/mol. The van der Waals surface area contributed by atoms with E-state index in [1.807, 2.05) is 0 Å². The Labute approximate surface area is 188 Å². The molecule has 0 spiro atoms. The van der Waals surface area contributed by atoms with Gasteiger partial charge in [-0.25, -0.2) is 18.2 Å². The predicted molar refractivity (Wildman–Crippen MR) is 113 cm³/mol. The lowest BCUT2D eigenvalue weighted by atomic mass is 9.94. The molecule has 3 saturated heterocycles. The van der Waals surface area contributed by atoms with Crippen molar-refractivity contribution in [1.29, 1.82) is 0 Å². The SMILES string of the molecule is O[C@]1(CF)CCCN(c2nc(OC[C@@]34CCCN3C[C@H](F)C4)nc3c(F)c(Cl)ncc23)C1. The van der Waals surface area contributed by atoms with Crippen molar-refractivity contribution in [3.05, 3.63) is 17.2 Å². The van der Waals surface area contributed by atoms with Crippen LogP contribution in [0.3, 0.4) is 0 Å². The van der Waals surface area contributed by atoms with Gasteiger partial charge in [-0.15, -0.1) is 0 Å². The molecule has 5 rings (SSSR count). The van der Waals surface area contributed by atoms with Gasteiger partial charge < -0.3 is 14.7 Å². The number of hydrogen-bond donors (Lipinski definition) is 1. The Balaban J connectivity index is 1.50. The van der Waals surface area contributed by atoms with Gasteiger partial charge in [-0.2, -0.15) is 9.97 Å². The van der Waals surface area contributed by atoms with Crippen LogP contribution < -0.4 is 9.64 Å². The van der Waals surface area contributed by atoms with E-state index in [2.05, 4.69) is 19.9 Å². The molecule has 5 heterocycles. The molecule has 0 unspecified atom stereocenters. The number of nitrogens with zero attached hydrogens (tertiary/aromatic N) is 5. The van der Waals surface area contributed by atoms with E-state index in [1.165, 1.54) is 6.20 Å². The van der Waals surface area contributed by atoms with Gasteiger partial charge in [0.2, 0.25) is 0 Å². The largest absolute Gasteiger partial charge is 0.461 e. The maximum absolute atomic E-state index is 14.8. The van der Waals surface area contributed by atoms with Crippen molar-refractivity contribution in [3.8, 4) is 6.01 Å². The van der Waals surface area contributed by atoms with Gasteiger partial charge in [0.25, 0.3) is 0 Å². The highest BCUT2D eigenvalue weighted by Gasteiger charge is 2.49. The van der Waals surface area contributed by atoms with Gasteiger partial charge in [0.15, 0.2) is 11.0 Å². The minimum Gasteiger partial charge on any atom is -0.461 e. The number of halogens is 4. The van der Waals surface area contributed by atoms with E-state index >= 15 is 0 Å². The summed E-state index contributed by atoms with van der Waals surface area (Å²) >= 11 is 5.88. The minimum absolute atomic E-state index is 0.000541. The first kappa shape index (κ1) is 21.9. The van der Waals surface area contributed by atoms with Crippen molar-refractivity contribution in [1.82, 2.24) is 19.9 Å². The smallest absolute Gasteiger partial charge is 0.319 e. The third-order valence-electron chi connectivity index (χ3n) is 6.94. The summed E-state index contributed by atoms with van der Waals surface area (Å²) in [7, 11) is 0. The number of aliphatic hydroxyl groups is 1. The zero-order valence-corrected chi connectivity index (χ0v) is 18.3. The molecular weight excluding hydrogens is 447 g/mol. The number of piperidine rings is 1. The molecule has 0 amide bonds. The number of ether oxygens (including phenoxy) is 1. The summed E-state index contributed by atoms with van der Waals surface area (Å²) < 4.78 is 48.3. The van der Waals surface area contributed by atoms with Crippen LogP contribution in [0.4, 0.5) is 19.0 Å². The number of fused-ring (bicyclic) bond motifs is 2. The Morgan fingerprint density at radius 3 is 2.88 bits per heavy atom. The summed E-state index contributed by atoms with van der Waals surface area (Å²) in [4.78, 5) is 16.4. The highest BCUT2D eigenvalue weighted by atomic mass is 35.5. The number of pyridine rings is 1. The molecule has 3 atom stereocenters. The van der Waals surface area contributed by atoms with Gasteiger partial charge in [-0.1, -0.05) is 11.6 Å². The predicted octanol–water partition coefficient (Wildman–Crippen LogP) is 3.07. The molecule has 3 aliphatic rings. The van der Waals surface area contributed by atoms with E-state index in [0.29, 0.717) is 43.6 Å². The highest BCUT2D eigenvalue weighted by molar-refractivity contribution is 6.30. The molecule has 0 aromatic carbocycles. The van der Waals surface area contributed by atoms with Gasteiger partial charge in [0.1, 0.15) is 36.4 Å². The van der Waals surface area contributed by atoms with Crippen molar-refractivity contribution in [2.45, 2.75) is 49.4 Å². The average Bonchev–Trinajstić information content (AvgIpc) is 3.30. The van der Waals surface area contributed by atoms with E-state index in [-0.39, 0.29) is 29.8 Å². The topological polar surface area (TPSA) is 74.6 Å². The van der Waals surface area contributed by atoms with Crippen molar-refractivity contribution in [3.63, 3.8) is 0 Å². The lowest BCUT2D eigenvalue weighted by molar-refractivity contribution is 0.00302. The Morgan fingerprint density at radius 1 is 1.25 bits per heavy atom. The molecule has 0 bridgehead atoms. The Kier molecular flexibility index (Phi) is 5.58. The van der Waals surface area contributed by atoms with Crippen LogP contribution in [-0.4, -0.2) is 81.7 Å². The molecule has 0 aliphatic carbocycles. The second-order valence-corrected chi connectivity index (χ2v) is 9.56. The molecule has 0 saturated carbocycles. The summed E-state index contributed by atoms with van der Waals surface area (Å²) in [5.74, 6) is -0.504. The van der Waals surface area contributed by atoms with Gasteiger partial charge in [0.05, 0.1) is 17.5 Å². The number of rotatable bonds is 5. The van der Waals surface area contributed by atoms with Crippen LogP contribution in [0.25, 0.3) is 10.9 Å². The standard InChI is InChI=1S/C21H25ClF3N5O2/c22-17-15(25)16-14(8-26-17)18(29-5-2-4-21(31,10-23)11-29)28-19(27-16)32-12-20-3-1-6-30(20)9-13(24)7-20/h8,13,31H,1-7,9-12H2/t13-,20+,21+/m1/s1. The Bertz CT molecular complexity index is 1030. The second kappa shape index (κ2) is 8.14. The Hall–Kier alpha value is -1.91. The van der Waals surface area contributed by atoms with Crippen LogP contribution in [-0.2, 0) is 0 Å². The van der Waals surface area contributed by atoms with Crippen LogP contribution in [0.1, 0.15) is 32.1 Å². The van der Waals surface area contributed by atoms with Crippen molar-refractivity contribution in [2.24, 2.45) is 0 Å². The fraction of sp³-hybridized carbons (Fsp3) is 0.667.